The van der Waals surface area contributed by atoms with Gasteiger partial charge in [-0.2, -0.15) is 0 Å². The average molecular weight is 312 g/mol. The van der Waals surface area contributed by atoms with Gasteiger partial charge in [-0.1, -0.05) is 29.3 Å². The van der Waals surface area contributed by atoms with Gasteiger partial charge in [0.2, 0.25) is 0 Å². The van der Waals surface area contributed by atoms with Gasteiger partial charge in [0.1, 0.15) is 0 Å². The maximum Gasteiger partial charge on any atom is 0.257 e. The van der Waals surface area contributed by atoms with Crippen LogP contribution in [0.4, 0.5) is 5.69 Å². The molecule has 19 heavy (non-hydrogen) atoms. The summed E-state index contributed by atoms with van der Waals surface area (Å²) in [5.74, 6) is -0.286. The molecule has 98 valence electrons. The van der Waals surface area contributed by atoms with Crippen LogP contribution in [0.5, 0.6) is 0 Å². The van der Waals surface area contributed by atoms with E-state index in [-0.39, 0.29) is 5.91 Å². The molecule has 0 aliphatic heterocycles. The molecule has 2 nitrogen and oxygen atoms in total. The molecule has 0 heterocycles. The van der Waals surface area contributed by atoms with Crippen LogP contribution in [0.1, 0.15) is 15.9 Å². The summed E-state index contributed by atoms with van der Waals surface area (Å²) < 4.78 is 0. The first-order valence-electron chi connectivity index (χ1n) is 5.53. The summed E-state index contributed by atoms with van der Waals surface area (Å²) in [5, 5.41) is 3.74. The van der Waals surface area contributed by atoms with E-state index in [4.69, 9.17) is 23.2 Å². The second-order valence-electron chi connectivity index (χ2n) is 4.08. The van der Waals surface area contributed by atoms with Crippen molar-refractivity contribution >= 4 is 47.4 Å². The Hall–Kier alpha value is -1.16. The highest BCUT2D eigenvalue weighted by molar-refractivity contribution is 7.80. The number of rotatable bonds is 2. The summed E-state index contributed by atoms with van der Waals surface area (Å²) in [6, 6.07) is 10.3. The molecule has 0 saturated carbocycles. The van der Waals surface area contributed by atoms with Crippen molar-refractivity contribution in [3.8, 4) is 0 Å². The smallest absolute Gasteiger partial charge is 0.257 e. The first-order chi connectivity index (χ1) is 8.97. The van der Waals surface area contributed by atoms with Crippen LogP contribution in [0, 0.1) is 6.92 Å². The largest absolute Gasteiger partial charge is 0.322 e. The summed E-state index contributed by atoms with van der Waals surface area (Å²) in [4.78, 5) is 12.9. The lowest BCUT2D eigenvalue weighted by atomic mass is 10.1. The van der Waals surface area contributed by atoms with E-state index in [9.17, 15) is 4.79 Å². The third kappa shape index (κ3) is 3.44. The first-order valence-corrected chi connectivity index (χ1v) is 6.73. The van der Waals surface area contributed by atoms with Gasteiger partial charge in [-0.25, -0.2) is 0 Å². The molecular weight excluding hydrogens is 301 g/mol. The fraction of sp³-hybridized carbons (Fsp3) is 0.0714. The van der Waals surface area contributed by atoms with Gasteiger partial charge in [0, 0.05) is 15.6 Å². The SMILES string of the molecule is Cc1ccc(Cl)cc1NC(=O)c1cc(S)ccc1Cl. The van der Waals surface area contributed by atoms with Gasteiger partial charge in [0.25, 0.3) is 5.91 Å². The number of thiol groups is 1. The topological polar surface area (TPSA) is 29.1 Å². The fourth-order valence-corrected chi connectivity index (χ4v) is 2.18. The predicted octanol–water partition coefficient (Wildman–Crippen LogP) is 4.84. The molecule has 0 saturated heterocycles. The first kappa shape index (κ1) is 14.3. The van der Waals surface area contributed by atoms with Crippen LogP contribution in [0.2, 0.25) is 10.0 Å². The van der Waals surface area contributed by atoms with Crippen molar-refractivity contribution < 1.29 is 4.79 Å². The molecule has 2 rings (SSSR count). The summed E-state index contributed by atoms with van der Waals surface area (Å²) in [5.41, 5.74) is 1.97. The highest BCUT2D eigenvalue weighted by Gasteiger charge is 2.12. The van der Waals surface area contributed by atoms with Crippen LogP contribution in [-0.4, -0.2) is 5.91 Å². The molecule has 0 spiro atoms. The number of nitrogens with one attached hydrogen (secondary N) is 1. The van der Waals surface area contributed by atoms with Gasteiger partial charge in [-0.15, -0.1) is 12.6 Å². The molecule has 2 aromatic rings. The number of aryl methyl sites for hydroxylation is 1. The number of amides is 1. The van der Waals surface area contributed by atoms with Gasteiger partial charge in [-0.05, 0) is 42.8 Å². The third-order valence-corrected chi connectivity index (χ3v) is 3.49. The number of carbonyl (C=O) groups is 1. The third-order valence-electron chi connectivity index (χ3n) is 2.64. The molecule has 0 bridgehead atoms. The van der Waals surface area contributed by atoms with Crippen molar-refractivity contribution in [2.24, 2.45) is 0 Å². The summed E-state index contributed by atoms with van der Waals surface area (Å²) >= 11 is 16.1. The van der Waals surface area contributed by atoms with E-state index >= 15 is 0 Å². The fourth-order valence-electron chi connectivity index (χ4n) is 1.61. The molecule has 0 aromatic heterocycles. The van der Waals surface area contributed by atoms with Crippen molar-refractivity contribution in [2.45, 2.75) is 11.8 Å². The van der Waals surface area contributed by atoms with Crippen molar-refractivity contribution in [3.05, 3.63) is 57.6 Å². The predicted molar refractivity (Wildman–Crippen MR) is 82.8 cm³/mol. The molecule has 0 fully saturated rings. The normalized spacial score (nSPS) is 10.3. The van der Waals surface area contributed by atoms with Gasteiger partial charge < -0.3 is 5.32 Å². The molecule has 5 heteroatoms. The molecule has 2 aromatic carbocycles. The highest BCUT2D eigenvalue weighted by Crippen LogP contribution is 2.24. The minimum Gasteiger partial charge on any atom is -0.322 e. The van der Waals surface area contributed by atoms with Gasteiger partial charge in [0.05, 0.1) is 10.6 Å². The van der Waals surface area contributed by atoms with Crippen LogP contribution < -0.4 is 5.32 Å². The summed E-state index contributed by atoms with van der Waals surface area (Å²) in [6.45, 7) is 1.89. The van der Waals surface area contributed by atoms with Crippen LogP contribution in [0.25, 0.3) is 0 Å². The summed E-state index contributed by atoms with van der Waals surface area (Å²) in [6.07, 6.45) is 0. The second kappa shape index (κ2) is 5.87. The molecule has 1 N–H and O–H groups in total. The van der Waals surface area contributed by atoms with Gasteiger partial charge in [0.15, 0.2) is 0 Å². The Morgan fingerprint density at radius 1 is 1.16 bits per heavy atom. The zero-order chi connectivity index (χ0) is 14.0. The number of hydrogen-bond acceptors (Lipinski definition) is 2. The van der Waals surface area contributed by atoms with E-state index in [0.29, 0.717) is 26.2 Å². The average Bonchev–Trinajstić information content (AvgIpc) is 2.36. The Bertz CT molecular complexity index is 643. The Kier molecular flexibility index (Phi) is 4.40. The van der Waals surface area contributed by atoms with E-state index in [1.54, 1.807) is 30.3 Å². The molecule has 0 unspecified atom stereocenters. The van der Waals surface area contributed by atoms with Crippen molar-refractivity contribution in [1.82, 2.24) is 0 Å². The molecule has 1 amide bonds. The summed E-state index contributed by atoms with van der Waals surface area (Å²) in [7, 11) is 0. The monoisotopic (exact) mass is 311 g/mol. The van der Waals surface area contributed by atoms with Crippen molar-refractivity contribution in [2.75, 3.05) is 5.32 Å². The number of halogens is 2. The van der Waals surface area contributed by atoms with Crippen molar-refractivity contribution in [1.29, 1.82) is 0 Å². The van der Waals surface area contributed by atoms with E-state index in [1.165, 1.54) is 0 Å². The Morgan fingerprint density at radius 2 is 1.89 bits per heavy atom. The van der Waals surface area contributed by atoms with Crippen LogP contribution in [-0.2, 0) is 0 Å². The molecular formula is C14H11Cl2NOS. The lowest BCUT2D eigenvalue weighted by molar-refractivity contribution is 0.102. The molecule has 0 atom stereocenters. The van der Waals surface area contributed by atoms with Crippen LogP contribution >= 0.6 is 35.8 Å². The molecule has 0 aliphatic rings. The van der Waals surface area contributed by atoms with E-state index in [0.717, 1.165) is 5.56 Å². The maximum absolute atomic E-state index is 12.2. The molecule has 0 aliphatic carbocycles. The van der Waals surface area contributed by atoms with Crippen molar-refractivity contribution in [3.63, 3.8) is 0 Å². The minimum atomic E-state index is -0.286. The van der Waals surface area contributed by atoms with E-state index < -0.39 is 0 Å². The van der Waals surface area contributed by atoms with Crippen LogP contribution in [0.15, 0.2) is 41.3 Å². The molecule has 0 radical (unpaired) electrons. The lowest BCUT2D eigenvalue weighted by Crippen LogP contribution is -2.13. The van der Waals surface area contributed by atoms with E-state index in [1.807, 2.05) is 13.0 Å². The minimum absolute atomic E-state index is 0.286. The highest BCUT2D eigenvalue weighted by atomic mass is 35.5. The maximum atomic E-state index is 12.2. The number of carbonyl (C=O) groups excluding carboxylic acids is 1. The number of anilines is 1. The number of hydrogen-bond donors (Lipinski definition) is 2. The number of benzene rings is 2. The van der Waals surface area contributed by atoms with Crippen LogP contribution in [0.3, 0.4) is 0 Å². The second-order valence-corrected chi connectivity index (χ2v) is 5.44. The Morgan fingerprint density at radius 3 is 2.63 bits per heavy atom. The lowest BCUT2D eigenvalue weighted by Gasteiger charge is -2.10. The zero-order valence-corrected chi connectivity index (χ0v) is 12.5. The Labute approximate surface area is 127 Å². The zero-order valence-electron chi connectivity index (χ0n) is 10.1. The quantitative estimate of drug-likeness (QED) is 0.763. The van der Waals surface area contributed by atoms with Gasteiger partial charge >= 0.3 is 0 Å². The van der Waals surface area contributed by atoms with Gasteiger partial charge in [-0.3, -0.25) is 4.79 Å². The Balaban J connectivity index is 2.30. The standard InChI is InChI=1S/C14H11Cl2NOS/c1-8-2-3-9(15)6-13(8)17-14(18)11-7-10(19)4-5-12(11)16/h2-7,19H,1H3,(H,17,18). The van der Waals surface area contributed by atoms with E-state index in [2.05, 4.69) is 17.9 Å².